The Bertz CT molecular complexity index is 980. The molecule has 3 rings (SSSR count). The van der Waals surface area contributed by atoms with Gasteiger partial charge in [0.2, 0.25) is 5.91 Å². The summed E-state index contributed by atoms with van der Waals surface area (Å²) in [5.41, 5.74) is 4.13. The molecule has 0 saturated carbocycles. The lowest BCUT2D eigenvalue weighted by molar-refractivity contribution is -0.113. The van der Waals surface area contributed by atoms with Crippen LogP contribution in [0.4, 0.5) is 5.69 Å². The molecule has 0 aliphatic heterocycles. The number of thiophene rings is 1. The first-order valence-corrected chi connectivity index (χ1v) is 10.8. The maximum absolute atomic E-state index is 12.3. The molecular formula is C19H21ClN4OS2. The second-order valence-electron chi connectivity index (χ2n) is 6.20. The molecule has 0 aliphatic carbocycles. The van der Waals surface area contributed by atoms with E-state index in [0.29, 0.717) is 10.2 Å². The first-order chi connectivity index (χ1) is 12.9. The third-order valence-corrected chi connectivity index (χ3v) is 6.55. The van der Waals surface area contributed by atoms with Gasteiger partial charge in [0.25, 0.3) is 0 Å². The number of benzene rings is 1. The van der Waals surface area contributed by atoms with Gasteiger partial charge in [-0.15, -0.1) is 21.5 Å². The van der Waals surface area contributed by atoms with E-state index in [1.54, 1.807) is 23.5 Å². The summed E-state index contributed by atoms with van der Waals surface area (Å²) in [6.07, 6.45) is 0.960. The molecule has 0 fully saturated rings. The Morgan fingerprint density at radius 2 is 2.11 bits per heavy atom. The number of anilines is 1. The van der Waals surface area contributed by atoms with E-state index in [2.05, 4.69) is 34.7 Å². The van der Waals surface area contributed by atoms with E-state index in [4.69, 9.17) is 11.6 Å². The SMILES string of the molecule is CCc1c(-c2nnc(SCC(=O)Nc3cc(Cl)ccc3C)n2C)csc1C. The maximum atomic E-state index is 12.3. The van der Waals surface area contributed by atoms with Crippen LogP contribution in [0.1, 0.15) is 22.9 Å². The molecule has 1 amide bonds. The fourth-order valence-corrected chi connectivity index (χ4v) is 4.65. The fraction of sp³-hybridized carbons (Fsp3) is 0.316. The zero-order chi connectivity index (χ0) is 19.6. The summed E-state index contributed by atoms with van der Waals surface area (Å²) < 4.78 is 1.95. The van der Waals surface area contributed by atoms with Crippen LogP contribution in [-0.2, 0) is 18.3 Å². The molecule has 0 unspecified atom stereocenters. The lowest BCUT2D eigenvalue weighted by atomic mass is 10.1. The summed E-state index contributed by atoms with van der Waals surface area (Å²) in [4.78, 5) is 13.6. The molecule has 27 heavy (non-hydrogen) atoms. The van der Waals surface area contributed by atoms with Gasteiger partial charge < -0.3 is 9.88 Å². The number of nitrogens with one attached hydrogen (secondary N) is 1. The van der Waals surface area contributed by atoms with Gasteiger partial charge in [0.05, 0.1) is 5.75 Å². The van der Waals surface area contributed by atoms with E-state index >= 15 is 0 Å². The molecule has 2 heterocycles. The van der Waals surface area contributed by atoms with Crippen LogP contribution in [0.2, 0.25) is 5.02 Å². The molecule has 3 aromatic rings. The smallest absolute Gasteiger partial charge is 0.234 e. The Kier molecular flexibility index (Phi) is 6.24. The van der Waals surface area contributed by atoms with Gasteiger partial charge in [0.1, 0.15) is 0 Å². The van der Waals surface area contributed by atoms with Crippen LogP contribution in [0.25, 0.3) is 11.4 Å². The van der Waals surface area contributed by atoms with E-state index in [-0.39, 0.29) is 11.7 Å². The van der Waals surface area contributed by atoms with Gasteiger partial charge in [-0.05, 0) is 43.5 Å². The number of thioether (sulfide) groups is 1. The summed E-state index contributed by atoms with van der Waals surface area (Å²) in [6, 6.07) is 5.44. The van der Waals surface area contributed by atoms with Crippen molar-refractivity contribution in [1.82, 2.24) is 14.8 Å². The predicted octanol–water partition coefficient (Wildman–Crippen LogP) is 5.11. The quantitative estimate of drug-likeness (QED) is 0.563. The average molecular weight is 421 g/mol. The van der Waals surface area contributed by atoms with Gasteiger partial charge >= 0.3 is 0 Å². The lowest BCUT2D eigenvalue weighted by Crippen LogP contribution is -2.15. The van der Waals surface area contributed by atoms with Crippen LogP contribution in [0.15, 0.2) is 28.7 Å². The van der Waals surface area contributed by atoms with Gasteiger partial charge in [0.15, 0.2) is 11.0 Å². The molecule has 0 bridgehead atoms. The fourth-order valence-electron chi connectivity index (χ4n) is 2.83. The van der Waals surface area contributed by atoms with E-state index in [1.165, 1.54) is 22.2 Å². The summed E-state index contributed by atoms with van der Waals surface area (Å²) >= 11 is 9.10. The highest BCUT2D eigenvalue weighted by Crippen LogP contribution is 2.32. The van der Waals surface area contributed by atoms with Crippen LogP contribution in [0, 0.1) is 13.8 Å². The molecule has 0 saturated heterocycles. The minimum Gasteiger partial charge on any atom is -0.325 e. The number of carbonyl (C=O) groups is 1. The molecule has 5 nitrogen and oxygen atoms in total. The second kappa shape index (κ2) is 8.46. The van der Waals surface area contributed by atoms with Crippen LogP contribution in [-0.4, -0.2) is 26.4 Å². The molecule has 2 aromatic heterocycles. The highest BCUT2D eigenvalue weighted by atomic mass is 35.5. The van der Waals surface area contributed by atoms with Crippen LogP contribution in [0.5, 0.6) is 0 Å². The number of amides is 1. The number of hydrogen-bond donors (Lipinski definition) is 1. The van der Waals surface area contributed by atoms with Gasteiger partial charge in [-0.2, -0.15) is 0 Å². The minimum atomic E-state index is -0.101. The standard InChI is InChI=1S/C19H21ClN4OS2/c1-5-14-12(3)26-9-15(14)18-22-23-19(24(18)4)27-10-17(25)21-16-8-13(20)7-6-11(16)2/h6-9H,5,10H2,1-4H3,(H,21,25). The van der Waals surface area contributed by atoms with Crippen LogP contribution >= 0.6 is 34.7 Å². The molecular weight excluding hydrogens is 400 g/mol. The van der Waals surface area contributed by atoms with E-state index in [0.717, 1.165) is 29.1 Å². The van der Waals surface area contributed by atoms with Gasteiger partial charge in [-0.25, -0.2) is 0 Å². The monoisotopic (exact) mass is 420 g/mol. The third kappa shape index (κ3) is 4.36. The van der Waals surface area contributed by atoms with Crippen molar-refractivity contribution >= 4 is 46.3 Å². The van der Waals surface area contributed by atoms with Crippen molar-refractivity contribution < 1.29 is 4.79 Å². The topological polar surface area (TPSA) is 59.8 Å². The van der Waals surface area contributed by atoms with Crippen molar-refractivity contribution in [3.8, 4) is 11.4 Å². The minimum absolute atomic E-state index is 0.101. The highest BCUT2D eigenvalue weighted by molar-refractivity contribution is 7.99. The Morgan fingerprint density at radius 1 is 1.33 bits per heavy atom. The average Bonchev–Trinajstić information content (AvgIpc) is 3.18. The van der Waals surface area contributed by atoms with Crippen molar-refractivity contribution in [2.45, 2.75) is 32.3 Å². The summed E-state index contributed by atoms with van der Waals surface area (Å²) in [6.45, 7) is 6.20. The van der Waals surface area contributed by atoms with E-state index in [9.17, 15) is 4.79 Å². The normalized spacial score (nSPS) is 11.0. The van der Waals surface area contributed by atoms with Crippen molar-refractivity contribution in [2.24, 2.45) is 7.05 Å². The number of carbonyl (C=O) groups excluding carboxylic acids is 1. The van der Waals surface area contributed by atoms with Crippen molar-refractivity contribution in [2.75, 3.05) is 11.1 Å². The van der Waals surface area contributed by atoms with Crippen LogP contribution < -0.4 is 5.32 Å². The number of rotatable bonds is 6. The predicted molar refractivity (Wildman–Crippen MR) is 114 cm³/mol. The zero-order valence-electron chi connectivity index (χ0n) is 15.7. The number of aryl methyl sites for hydroxylation is 2. The summed E-state index contributed by atoms with van der Waals surface area (Å²) in [7, 11) is 1.93. The lowest BCUT2D eigenvalue weighted by Gasteiger charge is -2.09. The van der Waals surface area contributed by atoms with Gasteiger partial charge in [-0.3, -0.25) is 4.79 Å². The van der Waals surface area contributed by atoms with Gasteiger partial charge in [0, 0.05) is 33.6 Å². The van der Waals surface area contributed by atoms with Crippen molar-refractivity contribution in [3.63, 3.8) is 0 Å². The second-order valence-corrected chi connectivity index (χ2v) is 8.66. The maximum Gasteiger partial charge on any atom is 0.234 e. The van der Waals surface area contributed by atoms with Crippen LogP contribution in [0.3, 0.4) is 0 Å². The van der Waals surface area contributed by atoms with Crippen molar-refractivity contribution in [1.29, 1.82) is 0 Å². The number of aromatic nitrogens is 3. The first kappa shape index (κ1) is 19.9. The Labute approximate surface area is 172 Å². The van der Waals surface area contributed by atoms with E-state index in [1.807, 2.05) is 24.6 Å². The number of nitrogens with zero attached hydrogens (tertiary/aromatic N) is 3. The molecule has 142 valence electrons. The van der Waals surface area contributed by atoms with E-state index < -0.39 is 0 Å². The molecule has 8 heteroatoms. The molecule has 0 radical (unpaired) electrons. The Morgan fingerprint density at radius 3 is 2.85 bits per heavy atom. The molecule has 1 aromatic carbocycles. The zero-order valence-corrected chi connectivity index (χ0v) is 18.1. The van der Waals surface area contributed by atoms with Gasteiger partial charge in [-0.1, -0.05) is 36.4 Å². The molecule has 0 spiro atoms. The molecule has 0 aliphatic rings. The summed E-state index contributed by atoms with van der Waals surface area (Å²) in [5.74, 6) is 0.988. The Hall–Kier alpha value is -1.83. The van der Waals surface area contributed by atoms with Crippen molar-refractivity contribution in [3.05, 3.63) is 44.6 Å². The third-order valence-electron chi connectivity index (χ3n) is 4.34. The summed E-state index contributed by atoms with van der Waals surface area (Å²) in [5, 5.41) is 15.0. The molecule has 0 atom stereocenters. The Balaban J connectivity index is 1.69. The number of hydrogen-bond acceptors (Lipinski definition) is 5. The largest absolute Gasteiger partial charge is 0.325 e. The first-order valence-electron chi connectivity index (χ1n) is 8.56. The molecule has 1 N–H and O–H groups in total. The highest BCUT2D eigenvalue weighted by Gasteiger charge is 2.17. The number of halogens is 1.